The number of nitrogens with one attached hydrogen (secondary N) is 2. The third-order valence-corrected chi connectivity index (χ3v) is 7.82. The summed E-state index contributed by atoms with van der Waals surface area (Å²) in [6.45, 7) is 0.129. The van der Waals surface area contributed by atoms with E-state index in [1.165, 1.54) is 11.8 Å². The number of aromatic nitrogens is 1. The third kappa shape index (κ3) is 4.38. The number of urea groups is 1. The van der Waals surface area contributed by atoms with Gasteiger partial charge in [-0.05, 0) is 41.3 Å². The zero-order chi connectivity index (χ0) is 25.8. The monoisotopic (exact) mass is 589 g/mol. The highest BCUT2D eigenvalue weighted by molar-refractivity contribution is 9.10. The molecular formula is C23H20BrN5O5S2. The summed E-state index contributed by atoms with van der Waals surface area (Å²) in [5, 5.41) is 4.89. The molecule has 186 valence electrons. The number of nitrogens with two attached hydrogens (primary N) is 1. The minimum absolute atomic E-state index is 0.00908. The largest absolute Gasteiger partial charge is 0.399 e. The van der Waals surface area contributed by atoms with Gasteiger partial charge < -0.3 is 15.6 Å². The Morgan fingerprint density at radius 2 is 2.03 bits per heavy atom. The highest BCUT2D eigenvalue weighted by atomic mass is 79.9. The highest BCUT2D eigenvalue weighted by Crippen LogP contribution is 2.40. The molecule has 2 aliphatic rings. The van der Waals surface area contributed by atoms with E-state index in [9.17, 15) is 22.8 Å². The number of carbonyl (C=O) groups is 3. The summed E-state index contributed by atoms with van der Waals surface area (Å²) in [5.74, 6) is -1.60. The molecule has 0 aliphatic carbocycles. The number of nitrogens with zero attached hydrogens (tertiary/aromatic N) is 2. The van der Waals surface area contributed by atoms with Gasteiger partial charge in [0.05, 0.1) is 23.4 Å². The second-order valence-electron chi connectivity index (χ2n) is 8.46. The second-order valence-corrected chi connectivity index (χ2v) is 12.0. The zero-order valence-electron chi connectivity index (χ0n) is 18.8. The number of nitrogen functional groups attached to an aromatic ring is 1. The van der Waals surface area contributed by atoms with E-state index in [1.54, 1.807) is 46.4 Å². The maximum absolute atomic E-state index is 13.5. The Bertz CT molecular complexity index is 1600. The van der Waals surface area contributed by atoms with Crippen LogP contribution in [0, 0.1) is 5.92 Å². The summed E-state index contributed by atoms with van der Waals surface area (Å²) in [4.78, 5) is 41.2. The minimum atomic E-state index is -3.96. The van der Waals surface area contributed by atoms with Gasteiger partial charge in [-0.25, -0.2) is 22.8 Å². The molecular weight excluding hydrogens is 570 g/mol. The summed E-state index contributed by atoms with van der Waals surface area (Å²) in [7, 11) is -3.96. The van der Waals surface area contributed by atoms with Crippen LogP contribution in [0.1, 0.15) is 16.1 Å². The van der Waals surface area contributed by atoms with Crippen molar-refractivity contribution in [2.45, 2.75) is 6.54 Å². The quantitative estimate of drug-likeness (QED) is 0.388. The van der Waals surface area contributed by atoms with Crippen molar-refractivity contribution in [2.75, 3.05) is 22.6 Å². The lowest BCUT2D eigenvalue weighted by Gasteiger charge is -2.31. The van der Waals surface area contributed by atoms with Gasteiger partial charge in [0.15, 0.2) is 0 Å². The van der Waals surface area contributed by atoms with Crippen molar-refractivity contribution in [3.05, 3.63) is 69.3 Å². The topological polar surface area (TPSA) is 144 Å². The Hall–Kier alpha value is -3.29. The van der Waals surface area contributed by atoms with Crippen LogP contribution in [0.15, 0.2) is 58.0 Å². The molecule has 5 rings (SSSR count). The van der Waals surface area contributed by atoms with Gasteiger partial charge >= 0.3 is 6.03 Å². The van der Waals surface area contributed by atoms with Crippen molar-refractivity contribution in [3.63, 3.8) is 0 Å². The molecule has 36 heavy (non-hydrogen) atoms. The van der Waals surface area contributed by atoms with E-state index in [2.05, 4.69) is 21.2 Å². The Balaban J connectivity index is 1.79. The lowest BCUT2D eigenvalue weighted by Crippen LogP contribution is -2.54. The number of hydrogen-bond donors (Lipinski definition) is 3. The fourth-order valence-corrected chi connectivity index (χ4v) is 6.20. The van der Waals surface area contributed by atoms with Crippen LogP contribution in [0.25, 0.3) is 10.9 Å². The number of hydrogen-bond acceptors (Lipinski definition) is 7. The van der Waals surface area contributed by atoms with Crippen LogP contribution in [0.5, 0.6) is 0 Å². The predicted molar refractivity (Wildman–Crippen MR) is 142 cm³/mol. The molecule has 1 aromatic heterocycles. The fourth-order valence-electron chi connectivity index (χ4n) is 4.39. The smallest absolute Gasteiger partial charge is 0.333 e. The van der Waals surface area contributed by atoms with Crippen LogP contribution in [-0.4, -0.2) is 42.8 Å². The Morgan fingerprint density at radius 1 is 1.25 bits per heavy atom. The van der Waals surface area contributed by atoms with Crippen LogP contribution in [-0.2, 0) is 21.4 Å². The van der Waals surface area contributed by atoms with Crippen LogP contribution in [0.2, 0.25) is 0 Å². The third-order valence-electron chi connectivity index (χ3n) is 5.83. The number of halogens is 1. The molecule has 2 aliphatic heterocycles. The predicted octanol–water partition coefficient (Wildman–Crippen LogP) is 2.98. The average Bonchev–Trinajstić information content (AvgIpc) is 3.36. The molecule has 2 aromatic carbocycles. The molecule has 3 aromatic rings. The molecule has 4 amide bonds. The first-order valence-corrected chi connectivity index (χ1v) is 14.4. The van der Waals surface area contributed by atoms with Crippen molar-refractivity contribution in [1.82, 2.24) is 14.6 Å². The molecule has 1 fully saturated rings. The zero-order valence-corrected chi connectivity index (χ0v) is 22.0. The average molecular weight is 590 g/mol. The number of rotatable bonds is 5. The summed E-state index contributed by atoms with van der Waals surface area (Å²) < 4.78 is 28.3. The number of fused-ring (bicyclic) bond motifs is 2. The molecule has 4 N–H and O–H groups in total. The van der Waals surface area contributed by atoms with Crippen LogP contribution in [0.3, 0.4) is 0 Å². The molecule has 0 spiro atoms. The number of benzene rings is 2. The second kappa shape index (κ2) is 8.98. The van der Waals surface area contributed by atoms with Crippen LogP contribution >= 0.6 is 27.7 Å². The van der Waals surface area contributed by atoms with Crippen molar-refractivity contribution in [2.24, 2.45) is 5.92 Å². The van der Waals surface area contributed by atoms with Gasteiger partial charge in [-0.3, -0.25) is 9.59 Å². The van der Waals surface area contributed by atoms with Gasteiger partial charge in [0.25, 0.3) is 5.91 Å². The lowest BCUT2D eigenvalue weighted by molar-refractivity contribution is -0.120. The number of thioether (sulfide) groups is 1. The fraction of sp³-hybridized carbons (Fsp3) is 0.174. The SMILES string of the molecule is CS(=O)(=O)NC(=O)c1c(N2C(=O)NC3=CSCC3C2=O)c2cc(Br)ccc2n1Cc1cccc(N)c1. The van der Waals surface area contributed by atoms with Crippen molar-refractivity contribution >= 4 is 77.8 Å². The van der Waals surface area contributed by atoms with E-state index < -0.39 is 33.8 Å². The molecule has 10 nitrogen and oxygen atoms in total. The first kappa shape index (κ1) is 24.4. The van der Waals surface area contributed by atoms with Gasteiger partial charge in [0, 0.05) is 33.5 Å². The van der Waals surface area contributed by atoms with Gasteiger partial charge in [0.1, 0.15) is 5.69 Å². The van der Waals surface area contributed by atoms with Crippen LogP contribution in [0.4, 0.5) is 16.2 Å². The van der Waals surface area contributed by atoms with E-state index in [-0.39, 0.29) is 17.9 Å². The Kier molecular flexibility index (Phi) is 6.09. The van der Waals surface area contributed by atoms with Gasteiger partial charge in [0.2, 0.25) is 15.9 Å². The van der Waals surface area contributed by atoms with Crippen molar-refractivity contribution < 1.29 is 22.8 Å². The number of anilines is 2. The van der Waals surface area contributed by atoms with Gasteiger partial charge in [-0.2, -0.15) is 0 Å². The molecule has 1 atom stereocenters. The molecule has 3 heterocycles. The number of carbonyl (C=O) groups excluding carboxylic acids is 3. The lowest BCUT2D eigenvalue weighted by atomic mass is 10.0. The van der Waals surface area contributed by atoms with E-state index in [0.29, 0.717) is 32.5 Å². The van der Waals surface area contributed by atoms with Gasteiger partial charge in [-0.15, -0.1) is 11.8 Å². The molecule has 1 saturated heterocycles. The molecule has 0 bridgehead atoms. The number of sulfonamides is 1. The maximum Gasteiger partial charge on any atom is 0.333 e. The molecule has 13 heteroatoms. The molecule has 1 unspecified atom stereocenters. The summed E-state index contributed by atoms with van der Waals surface area (Å²) in [6.07, 6.45) is 0.859. The standard InChI is InChI=1S/C23H20BrN5O5S2/c1-36(33,34)27-21(30)20-19(29-22(31)16-10-35-11-17(16)26-23(29)32)15-8-13(24)5-6-18(15)28(20)9-12-3-2-4-14(25)7-12/h2-8,11,16H,9-10,25H2,1H3,(H,26,32)(H,27,30). The van der Waals surface area contributed by atoms with E-state index in [1.807, 2.05) is 10.8 Å². The summed E-state index contributed by atoms with van der Waals surface area (Å²) in [5.41, 5.74) is 8.10. The van der Waals surface area contributed by atoms with E-state index in [0.717, 1.165) is 16.7 Å². The Labute approximate surface area is 219 Å². The van der Waals surface area contributed by atoms with Crippen LogP contribution < -0.4 is 20.7 Å². The first-order chi connectivity index (χ1) is 17.0. The normalized spacial score (nSPS) is 17.7. The molecule has 0 saturated carbocycles. The Morgan fingerprint density at radius 3 is 2.75 bits per heavy atom. The molecule has 0 radical (unpaired) electrons. The highest BCUT2D eigenvalue weighted by Gasteiger charge is 2.44. The van der Waals surface area contributed by atoms with Gasteiger partial charge in [-0.1, -0.05) is 28.1 Å². The van der Waals surface area contributed by atoms with E-state index in [4.69, 9.17) is 5.73 Å². The first-order valence-electron chi connectivity index (χ1n) is 10.7. The number of amides is 4. The summed E-state index contributed by atoms with van der Waals surface area (Å²) in [6, 6.07) is 11.5. The number of imide groups is 1. The van der Waals surface area contributed by atoms with E-state index >= 15 is 0 Å². The van der Waals surface area contributed by atoms with Crippen molar-refractivity contribution in [1.29, 1.82) is 0 Å². The van der Waals surface area contributed by atoms with Crippen molar-refractivity contribution in [3.8, 4) is 0 Å². The minimum Gasteiger partial charge on any atom is -0.399 e. The maximum atomic E-state index is 13.5. The summed E-state index contributed by atoms with van der Waals surface area (Å²) >= 11 is 4.83.